The van der Waals surface area contributed by atoms with Crippen molar-refractivity contribution in [1.29, 1.82) is 0 Å². The molecule has 1 amide bonds. The average Bonchev–Trinajstić information content (AvgIpc) is 2.42. The lowest BCUT2D eigenvalue weighted by Crippen LogP contribution is -2.70. The van der Waals surface area contributed by atoms with Crippen LogP contribution in [0.25, 0.3) is 0 Å². The van der Waals surface area contributed by atoms with Crippen molar-refractivity contribution in [1.82, 2.24) is 5.32 Å². The first-order valence-corrected chi connectivity index (χ1v) is 11.5. The lowest BCUT2D eigenvalue weighted by Gasteiger charge is -2.47. The predicted octanol–water partition coefficient (Wildman–Crippen LogP) is 2.27. The minimum absolute atomic E-state index is 0.229. The van der Waals surface area contributed by atoms with E-state index in [1.807, 2.05) is 0 Å². The van der Waals surface area contributed by atoms with Gasteiger partial charge in [-0.15, -0.1) is 0 Å². The maximum Gasteiger partial charge on any atom is 0.414 e. The van der Waals surface area contributed by atoms with Crippen molar-refractivity contribution < 1.29 is 31.9 Å². The molecule has 9 heteroatoms. The first kappa shape index (κ1) is 19.4. The molecule has 0 radical (unpaired) electrons. The van der Waals surface area contributed by atoms with Crippen LogP contribution in [0.1, 0.15) is 19.3 Å². The smallest absolute Gasteiger partial charge is 0.405 e. The Balaban J connectivity index is 2.23. The molecule has 2 aliphatic rings. The zero-order chi connectivity index (χ0) is 18.3. The number of alkyl halides is 3. The van der Waals surface area contributed by atoms with E-state index in [0.717, 1.165) is 0 Å². The zero-order valence-corrected chi connectivity index (χ0v) is 15.3. The third kappa shape index (κ3) is 4.00. The Morgan fingerprint density at radius 2 is 1.83 bits per heavy atom. The fraction of sp³-hybridized carbons (Fsp3) is 0.867. The third-order valence-corrected chi connectivity index (χ3v) is 5.47. The molecular weight excluding hydrogens is 343 g/mol. The van der Waals surface area contributed by atoms with Crippen LogP contribution in [0.3, 0.4) is 0 Å². The maximum absolute atomic E-state index is 13.5. The largest absolute Gasteiger partial charge is 0.414 e. The number of nitrogens with one attached hydrogen (secondary N) is 1. The Labute approximate surface area is 140 Å². The van der Waals surface area contributed by atoms with Crippen molar-refractivity contribution >= 4 is 20.0 Å². The van der Waals surface area contributed by atoms with Gasteiger partial charge in [-0.1, -0.05) is 0 Å². The first-order valence-electron chi connectivity index (χ1n) is 8.07. The van der Waals surface area contributed by atoms with E-state index in [1.165, 1.54) is 7.11 Å². The number of Topliss-reactive ketones (excluding diaryl/α,β-unsaturated/α-hetero) is 1. The molecule has 0 aromatic carbocycles. The number of methoxy groups -OCH3 is 1. The van der Waals surface area contributed by atoms with Gasteiger partial charge in [-0.25, -0.2) is 0 Å². The lowest BCUT2D eigenvalue weighted by molar-refractivity contribution is -0.224. The molecule has 1 N–H and O–H groups in total. The van der Waals surface area contributed by atoms with Crippen molar-refractivity contribution in [3.63, 3.8) is 0 Å². The highest BCUT2D eigenvalue weighted by Crippen LogP contribution is 2.40. The number of halogens is 3. The zero-order valence-electron chi connectivity index (χ0n) is 14.3. The molecule has 24 heavy (non-hydrogen) atoms. The van der Waals surface area contributed by atoms with Gasteiger partial charge in [0.25, 0.3) is 0 Å². The second kappa shape index (κ2) is 6.76. The number of carbonyl (C=O) groups is 2. The van der Waals surface area contributed by atoms with Crippen molar-refractivity contribution in [2.75, 3.05) is 7.11 Å². The Kier molecular flexibility index (Phi) is 5.46. The van der Waals surface area contributed by atoms with E-state index in [4.69, 9.17) is 9.16 Å². The van der Waals surface area contributed by atoms with E-state index >= 15 is 0 Å². The summed E-state index contributed by atoms with van der Waals surface area (Å²) in [6.45, 7) is 4.93. The van der Waals surface area contributed by atoms with Crippen LogP contribution >= 0.6 is 0 Å². The summed E-state index contributed by atoms with van der Waals surface area (Å²) in [5.74, 6) is -2.96. The van der Waals surface area contributed by atoms with Crippen LogP contribution < -0.4 is 5.32 Å². The lowest BCUT2D eigenvalue weighted by atomic mass is 9.71. The molecule has 5 atom stereocenters. The number of ether oxygens (including phenoxy) is 1. The Bertz CT molecular complexity index is 506. The van der Waals surface area contributed by atoms with Crippen molar-refractivity contribution in [2.45, 2.75) is 63.3 Å². The number of amides is 1. The predicted molar refractivity (Wildman–Crippen MR) is 82.8 cm³/mol. The second-order valence-corrected chi connectivity index (χ2v) is 11.9. The van der Waals surface area contributed by atoms with Gasteiger partial charge in [0.1, 0.15) is 6.10 Å². The SMILES string of the molecule is CO[C@H]1CCC[C@H]([C@H]2NC(=O)[C@@H]2[C@H](O[Si](C)(C)C)C(F)(F)F)C1=O. The summed E-state index contributed by atoms with van der Waals surface area (Å²) in [6, 6.07) is -0.842. The molecule has 0 unspecified atom stereocenters. The standard InChI is InChI=1S/C15H24F3NO4Si/c1-22-9-7-5-6-8(12(9)20)11-10(14(21)19-11)13(15(16,17)18)23-24(2,3)4/h8-11,13H,5-7H2,1-4H3,(H,19,21)/t8-,9+,10+,11-,13+/m1/s1. The molecule has 1 aliphatic carbocycles. The summed E-state index contributed by atoms with van der Waals surface area (Å²) in [6.07, 6.45) is -5.73. The summed E-state index contributed by atoms with van der Waals surface area (Å²) in [4.78, 5) is 24.3. The second-order valence-electron chi connectivity index (χ2n) is 7.42. The third-order valence-electron chi connectivity index (χ3n) is 4.51. The minimum Gasteiger partial charge on any atom is -0.405 e. The molecule has 0 bridgehead atoms. The topological polar surface area (TPSA) is 64.6 Å². The fourth-order valence-corrected chi connectivity index (χ4v) is 4.50. The molecular formula is C15H24F3NO4Si. The van der Waals surface area contributed by atoms with Crippen LogP contribution in [0.4, 0.5) is 13.2 Å². The Morgan fingerprint density at radius 3 is 2.29 bits per heavy atom. The number of carbonyl (C=O) groups excluding carboxylic acids is 2. The summed E-state index contributed by atoms with van der Waals surface area (Å²) in [5.41, 5.74) is 0. The van der Waals surface area contributed by atoms with Gasteiger partial charge >= 0.3 is 6.18 Å². The molecule has 1 saturated carbocycles. The van der Waals surface area contributed by atoms with Gasteiger partial charge in [-0.2, -0.15) is 13.2 Å². The van der Waals surface area contributed by atoms with Gasteiger partial charge in [0.05, 0.1) is 12.0 Å². The molecule has 1 saturated heterocycles. The van der Waals surface area contributed by atoms with E-state index in [2.05, 4.69) is 5.32 Å². The number of ketones is 1. The van der Waals surface area contributed by atoms with Crippen molar-refractivity contribution in [3.05, 3.63) is 0 Å². The quantitative estimate of drug-likeness (QED) is 0.598. The van der Waals surface area contributed by atoms with E-state index in [1.54, 1.807) is 19.6 Å². The maximum atomic E-state index is 13.5. The van der Waals surface area contributed by atoms with Gasteiger partial charge in [-0.05, 0) is 38.9 Å². The summed E-state index contributed by atoms with van der Waals surface area (Å²) >= 11 is 0. The van der Waals surface area contributed by atoms with Crippen LogP contribution in [0.15, 0.2) is 0 Å². The number of hydrogen-bond donors (Lipinski definition) is 1. The van der Waals surface area contributed by atoms with E-state index in [9.17, 15) is 22.8 Å². The van der Waals surface area contributed by atoms with Crippen molar-refractivity contribution in [3.8, 4) is 0 Å². The Hall–Kier alpha value is -0.933. The number of hydrogen-bond acceptors (Lipinski definition) is 4. The molecule has 1 heterocycles. The summed E-state index contributed by atoms with van der Waals surface area (Å²) < 4.78 is 50.9. The van der Waals surface area contributed by atoms with Gasteiger partial charge in [-0.3, -0.25) is 9.59 Å². The molecule has 2 rings (SSSR count). The van der Waals surface area contributed by atoms with Crippen molar-refractivity contribution in [2.24, 2.45) is 11.8 Å². The van der Waals surface area contributed by atoms with E-state index in [0.29, 0.717) is 19.3 Å². The van der Waals surface area contributed by atoms with E-state index in [-0.39, 0.29) is 5.78 Å². The van der Waals surface area contributed by atoms with Crippen LogP contribution in [-0.4, -0.2) is 51.5 Å². The van der Waals surface area contributed by atoms with Gasteiger partial charge in [0.2, 0.25) is 5.91 Å². The molecule has 0 spiro atoms. The number of rotatable bonds is 5. The van der Waals surface area contributed by atoms with Crippen LogP contribution in [0.2, 0.25) is 19.6 Å². The van der Waals surface area contributed by atoms with Gasteiger partial charge in [0, 0.05) is 13.0 Å². The molecule has 138 valence electrons. The van der Waals surface area contributed by atoms with E-state index < -0.39 is 50.5 Å². The monoisotopic (exact) mass is 367 g/mol. The molecule has 5 nitrogen and oxygen atoms in total. The molecule has 0 aromatic heterocycles. The highest BCUT2D eigenvalue weighted by atomic mass is 28.4. The fourth-order valence-electron chi connectivity index (χ4n) is 3.46. The van der Waals surface area contributed by atoms with Crippen LogP contribution in [-0.2, 0) is 18.8 Å². The van der Waals surface area contributed by atoms with Gasteiger partial charge < -0.3 is 14.5 Å². The highest BCUT2D eigenvalue weighted by molar-refractivity contribution is 6.69. The molecule has 0 aromatic rings. The summed E-state index contributed by atoms with van der Waals surface area (Å²) in [7, 11) is -1.12. The number of β-lactam (4-membered cyclic amide) rings is 1. The highest BCUT2D eigenvalue weighted by Gasteiger charge is 2.60. The average molecular weight is 367 g/mol. The van der Waals surface area contributed by atoms with Crippen LogP contribution in [0.5, 0.6) is 0 Å². The minimum atomic E-state index is -4.65. The van der Waals surface area contributed by atoms with Gasteiger partial charge in [0.15, 0.2) is 20.2 Å². The Morgan fingerprint density at radius 1 is 1.21 bits per heavy atom. The first-order chi connectivity index (χ1) is 11.0. The molecule has 1 aliphatic heterocycles. The van der Waals surface area contributed by atoms with Crippen LogP contribution in [0, 0.1) is 11.8 Å². The normalized spacial score (nSPS) is 33.0. The summed E-state index contributed by atoms with van der Waals surface area (Å²) in [5, 5.41) is 2.50. The molecule has 2 fully saturated rings.